The molecule has 1 spiro atoms. The number of amides is 2. The van der Waals surface area contributed by atoms with Crippen LogP contribution in [0.5, 0.6) is 11.5 Å². The van der Waals surface area contributed by atoms with E-state index in [4.69, 9.17) is 37.8 Å². The number of aliphatic hydroxyl groups excluding tert-OH is 1. The van der Waals surface area contributed by atoms with Gasteiger partial charge >= 0.3 is 0 Å². The number of rotatable bonds is 8. The third-order valence-corrected chi connectivity index (χ3v) is 8.53. The average molecular weight is 631 g/mol. The molecular weight excluding hydrogens is 596 g/mol. The Morgan fingerprint density at radius 1 is 1.12 bits per heavy atom. The van der Waals surface area contributed by atoms with Crippen molar-refractivity contribution in [1.82, 2.24) is 5.32 Å². The lowest BCUT2D eigenvalue weighted by atomic mass is 9.62. The van der Waals surface area contributed by atoms with E-state index < -0.39 is 35.1 Å². The lowest BCUT2D eigenvalue weighted by Crippen LogP contribution is -2.49. The number of carbonyl (C=O) groups excluding carboxylic acids is 2. The molecule has 2 aliphatic heterocycles. The number of carbonyl (C=O) groups is 2. The predicted octanol–water partition coefficient (Wildman–Crippen LogP) is 5.90. The van der Waals surface area contributed by atoms with Crippen molar-refractivity contribution in [3.63, 3.8) is 0 Å². The van der Waals surface area contributed by atoms with Gasteiger partial charge in [-0.1, -0.05) is 62.2 Å². The van der Waals surface area contributed by atoms with Crippen molar-refractivity contribution < 1.29 is 28.6 Å². The standard InChI is InChI=1S/C32H34Cl2FN3O5/c1-31(2,3)16-25-32(20-10-8-17(33)14-22(20)37-30(32)41)26(19-6-5-7-21(34)27(19)35)28(38-25)29(40)36-18-9-11-23(43-13-12-39)24(15-18)42-4/h5-11,14-15,25-26,28,38-39H,12-13,16H2,1-4H3,(H,36,40)(H,37,41)/t25-,26-,28+,32+/m0/s1. The summed E-state index contributed by atoms with van der Waals surface area (Å²) in [6, 6.07) is 13.0. The molecule has 1 fully saturated rings. The molecule has 11 heteroatoms. The summed E-state index contributed by atoms with van der Waals surface area (Å²) in [6.45, 7) is 6.05. The van der Waals surface area contributed by atoms with Crippen LogP contribution in [0.25, 0.3) is 0 Å². The van der Waals surface area contributed by atoms with Crippen LogP contribution in [0.3, 0.4) is 0 Å². The van der Waals surface area contributed by atoms with Gasteiger partial charge in [0.25, 0.3) is 0 Å². The summed E-state index contributed by atoms with van der Waals surface area (Å²) in [5.41, 5.74) is 0.0907. The Morgan fingerprint density at radius 2 is 1.88 bits per heavy atom. The van der Waals surface area contributed by atoms with E-state index in [9.17, 15) is 9.59 Å². The smallest absolute Gasteiger partial charge is 0.242 e. The maximum Gasteiger partial charge on any atom is 0.242 e. The highest BCUT2D eigenvalue weighted by atomic mass is 35.5. The number of fused-ring (bicyclic) bond motifs is 2. The summed E-state index contributed by atoms with van der Waals surface area (Å²) in [5.74, 6) is -1.73. The van der Waals surface area contributed by atoms with E-state index in [0.29, 0.717) is 39.9 Å². The van der Waals surface area contributed by atoms with Gasteiger partial charge in [0, 0.05) is 34.4 Å². The Morgan fingerprint density at radius 3 is 2.58 bits per heavy atom. The minimum Gasteiger partial charge on any atom is -0.493 e. The van der Waals surface area contributed by atoms with Gasteiger partial charge in [-0.25, -0.2) is 4.39 Å². The van der Waals surface area contributed by atoms with Crippen molar-refractivity contribution in [3.8, 4) is 11.5 Å². The molecule has 2 amide bonds. The van der Waals surface area contributed by atoms with Crippen LogP contribution < -0.4 is 25.4 Å². The zero-order valence-corrected chi connectivity index (χ0v) is 25.8. The Bertz CT molecular complexity index is 1560. The fourth-order valence-electron chi connectivity index (χ4n) is 6.39. The highest BCUT2D eigenvalue weighted by Crippen LogP contribution is 2.57. The predicted molar refractivity (Wildman–Crippen MR) is 165 cm³/mol. The molecule has 4 atom stereocenters. The van der Waals surface area contributed by atoms with E-state index in [0.717, 1.165) is 0 Å². The number of nitrogens with one attached hydrogen (secondary N) is 3. The lowest BCUT2D eigenvalue weighted by Gasteiger charge is -2.37. The van der Waals surface area contributed by atoms with Crippen LogP contribution in [0.2, 0.25) is 10.0 Å². The van der Waals surface area contributed by atoms with Gasteiger partial charge in [0.05, 0.1) is 24.8 Å². The summed E-state index contributed by atoms with van der Waals surface area (Å²) < 4.78 is 26.9. The zero-order valence-electron chi connectivity index (χ0n) is 24.3. The second-order valence-corrected chi connectivity index (χ2v) is 12.9. The second kappa shape index (κ2) is 12.0. The first-order valence-electron chi connectivity index (χ1n) is 13.9. The summed E-state index contributed by atoms with van der Waals surface area (Å²) in [7, 11) is 1.46. The van der Waals surface area contributed by atoms with Crippen LogP contribution in [-0.4, -0.2) is 49.3 Å². The topological polar surface area (TPSA) is 109 Å². The number of hydrogen-bond donors (Lipinski definition) is 4. The highest BCUT2D eigenvalue weighted by Gasteiger charge is 2.66. The van der Waals surface area contributed by atoms with Gasteiger partial charge in [0.2, 0.25) is 11.8 Å². The highest BCUT2D eigenvalue weighted by molar-refractivity contribution is 6.31. The lowest BCUT2D eigenvalue weighted by molar-refractivity contribution is -0.122. The Labute approximate surface area is 259 Å². The van der Waals surface area contributed by atoms with Crippen LogP contribution in [0, 0.1) is 11.2 Å². The molecule has 5 rings (SSSR count). The Balaban J connectivity index is 1.65. The van der Waals surface area contributed by atoms with Gasteiger partial charge in [0.1, 0.15) is 17.8 Å². The normalized spacial score (nSPS) is 22.8. The molecule has 0 bridgehead atoms. The summed E-state index contributed by atoms with van der Waals surface area (Å²) >= 11 is 12.6. The fraction of sp³-hybridized carbons (Fsp3) is 0.375. The van der Waals surface area contributed by atoms with Crippen molar-refractivity contribution in [2.75, 3.05) is 31.0 Å². The van der Waals surface area contributed by atoms with Crippen LogP contribution in [0.1, 0.15) is 44.2 Å². The fourth-order valence-corrected chi connectivity index (χ4v) is 6.75. The van der Waals surface area contributed by atoms with Crippen molar-refractivity contribution in [2.24, 2.45) is 5.41 Å². The summed E-state index contributed by atoms with van der Waals surface area (Å²) in [5, 5.41) is 18.8. The van der Waals surface area contributed by atoms with E-state index in [-0.39, 0.29) is 35.1 Å². The van der Waals surface area contributed by atoms with Gasteiger partial charge < -0.3 is 30.5 Å². The number of anilines is 2. The molecule has 0 unspecified atom stereocenters. The van der Waals surface area contributed by atoms with E-state index in [1.807, 2.05) is 20.8 Å². The molecule has 3 aromatic carbocycles. The summed E-state index contributed by atoms with van der Waals surface area (Å²) in [4.78, 5) is 28.4. The van der Waals surface area contributed by atoms with Crippen molar-refractivity contribution in [2.45, 2.75) is 50.6 Å². The quantitative estimate of drug-likeness (QED) is 0.247. The van der Waals surface area contributed by atoms with Gasteiger partial charge in [-0.2, -0.15) is 0 Å². The molecule has 0 radical (unpaired) electrons. The van der Waals surface area contributed by atoms with Gasteiger partial charge in [-0.15, -0.1) is 0 Å². The minimum absolute atomic E-state index is 0.0763. The second-order valence-electron chi connectivity index (χ2n) is 12.0. The molecule has 43 heavy (non-hydrogen) atoms. The molecule has 0 aromatic heterocycles. The van der Waals surface area contributed by atoms with E-state index >= 15 is 4.39 Å². The number of methoxy groups -OCH3 is 1. The van der Waals surface area contributed by atoms with E-state index in [1.54, 1.807) is 48.5 Å². The summed E-state index contributed by atoms with van der Waals surface area (Å²) in [6.07, 6.45) is 0.496. The number of benzene rings is 3. The van der Waals surface area contributed by atoms with Crippen molar-refractivity contribution in [3.05, 3.63) is 81.6 Å². The molecule has 4 N–H and O–H groups in total. The third kappa shape index (κ3) is 5.67. The number of halogens is 3. The molecule has 2 aliphatic rings. The SMILES string of the molecule is COc1cc(NC(=O)[C@@H]2N[C@@H](CC(C)(C)C)[C@@]3(C(=O)Nc4cc(Cl)ccc43)[C@H]2c2cccc(Cl)c2F)ccc1OCCO. The maximum atomic E-state index is 15.9. The number of hydrogen-bond acceptors (Lipinski definition) is 6. The van der Waals surface area contributed by atoms with Gasteiger partial charge in [-0.3, -0.25) is 9.59 Å². The van der Waals surface area contributed by atoms with Crippen LogP contribution >= 0.6 is 23.2 Å². The first kappa shape index (κ1) is 31.1. The number of ether oxygens (including phenoxy) is 2. The molecule has 2 heterocycles. The Hall–Kier alpha value is -3.37. The Kier molecular flexibility index (Phi) is 8.64. The molecule has 1 saturated heterocycles. The van der Waals surface area contributed by atoms with Gasteiger partial charge in [0.15, 0.2) is 11.5 Å². The van der Waals surface area contributed by atoms with Crippen LogP contribution in [-0.2, 0) is 15.0 Å². The minimum atomic E-state index is -1.36. The third-order valence-electron chi connectivity index (χ3n) is 8.00. The zero-order chi connectivity index (χ0) is 31.1. The first-order chi connectivity index (χ1) is 20.4. The average Bonchev–Trinajstić information content (AvgIpc) is 3.42. The first-order valence-corrected chi connectivity index (χ1v) is 14.7. The van der Waals surface area contributed by atoms with Gasteiger partial charge in [-0.05, 0) is 53.3 Å². The van der Waals surface area contributed by atoms with E-state index in [1.165, 1.54) is 13.2 Å². The van der Waals surface area contributed by atoms with Crippen molar-refractivity contribution >= 4 is 46.4 Å². The molecule has 8 nitrogen and oxygen atoms in total. The van der Waals surface area contributed by atoms with Crippen LogP contribution in [0.4, 0.5) is 15.8 Å². The largest absolute Gasteiger partial charge is 0.493 e. The molecule has 0 aliphatic carbocycles. The molecule has 0 saturated carbocycles. The van der Waals surface area contributed by atoms with Crippen molar-refractivity contribution in [1.29, 1.82) is 0 Å². The molecular formula is C32H34Cl2FN3O5. The van der Waals surface area contributed by atoms with Crippen LogP contribution in [0.15, 0.2) is 54.6 Å². The number of aliphatic hydroxyl groups is 1. The molecule has 3 aromatic rings. The van der Waals surface area contributed by atoms with E-state index in [2.05, 4.69) is 16.0 Å². The monoisotopic (exact) mass is 629 g/mol. The molecule has 228 valence electrons. The maximum absolute atomic E-state index is 15.9.